The predicted molar refractivity (Wildman–Crippen MR) is 260 cm³/mol. The van der Waals surface area contributed by atoms with E-state index in [1.54, 1.807) is 67.3 Å². The number of benzene rings is 4. The summed E-state index contributed by atoms with van der Waals surface area (Å²) in [6.07, 6.45) is 11.4. The third-order valence-corrected chi connectivity index (χ3v) is 12.7. The van der Waals surface area contributed by atoms with Crippen molar-refractivity contribution in [2.45, 2.75) is 31.2 Å². The second-order valence-electron chi connectivity index (χ2n) is 16.4. The van der Waals surface area contributed by atoms with Crippen molar-refractivity contribution < 1.29 is 19.2 Å². The molecule has 0 unspecified atom stereocenters. The maximum Gasteiger partial charge on any atom is 0.251 e. The molecule has 0 saturated heterocycles. The first-order valence-electron chi connectivity index (χ1n) is 21.3. The lowest BCUT2D eigenvalue weighted by molar-refractivity contribution is -0.118. The monoisotopic (exact) mass is 912 g/mol. The molecule has 7 aromatic rings. The van der Waals surface area contributed by atoms with Crippen LogP contribution in [0.25, 0.3) is 32.9 Å². The van der Waals surface area contributed by atoms with E-state index in [1.165, 1.54) is 0 Å². The van der Waals surface area contributed by atoms with Gasteiger partial charge in [-0.3, -0.25) is 39.1 Å². The molecule has 4 N–H and O–H groups in total. The number of amides is 4. The normalized spacial score (nSPS) is 17.4. The van der Waals surface area contributed by atoms with Crippen LogP contribution in [0.1, 0.15) is 62.1 Å². The van der Waals surface area contributed by atoms with Crippen molar-refractivity contribution >= 4 is 86.5 Å². The molecule has 3 heterocycles. The van der Waals surface area contributed by atoms with Gasteiger partial charge in [0.25, 0.3) is 11.8 Å². The van der Waals surface area contributed by atoms with Gasteiger partial charge in [0.2, 0.25) is 11.8 Å². The Morgan fingerprint density at radius 2 is 1.27 bits per heavy atom. The predicted octanol–water partition coefficient (Wildman–Crippen LogP) is 10.1. The van der Waals surface area contributed by atoms with Crippen LogP contribution in [0.2, 0.25) is 10.0 Å². The third-order valence-electron chi connectivity index (χ3n) is 12.0. The van der Waals surface area contributed by atoms with Crippen LogP contribution in [0.4, 0.5) is 11.4 Å². The number of hydrogen-bond acceptors (Lipinski definition) is 8. The van der Waals surface area contributed by atoms with Crippen molar-refractivity contribution in [3.8, 4) is 11.4 Å². The average Bonchev–Trinajstić information content (AvgIpc) is 4.29. The fraction of sp³-hybridized carbons (Fsp3) is 0.154. The first-order chi connectivity index (χ1) is 32.1. The zero-order valence-corrected chi connectivity index (χ0v) is 36.9. The first kappa shape index (κ1) is 43.7. The maximum absolute atomic E-state index is 13.3. The average molecular weight is 914 g/mol. The molecular formula is C52H42Cl2N8O4. The molecule has 0 spiro atoms. The largest absolute Gasteiger partial charge is 0.348 e. The summed E-state index contributed by atoms with van der Waals surface area (Å²) in [5, 5.41) is 16.0. The molecule has 3 aromatic heterocycles. The van der Waals surface area contributed by atoms with Gasteiger partial charge in [-0.05, 0) is 109 Å². The van der Waals surface area contributed by atoms with E-state index >= 15 is 0 Å². The van der Waals surface area contributed by atoms with Crippen molar-refractivity contribution in [2.75, 3.05) is 17.2 Å². The highest BCUT2D eigenvalue weighted by atomic mass is 35.5. The summed E-state index contributed by atoms with van der Waals surface area (Å²) in [7, 11) is 0. The van der Waals surface area contributed by atoms with Crippen molar-refractivity contribution in [1.29, 1.82) is 0 Å². The van der Waals surface area contributed by atoms with Gasteiger partial charge in [-0.1, -0.05) is 78.3 Å². The van der Waals surface area contributed by atoms with Crippen LogP contribution in [0, 0.1) is 11.8 Å². The van der Waals surface area contributed by atoms with Crippen LogP contribution < -0.4 is 21.3 Å². The molecule has 2 aliphatic rings. The number of carbonyl (C=O) groups excluding carboxylic acids is 4. The smallest absolute Gasteiger partial charge is 0.251 e. The number of aliphatic imine (C=N–C) groups is 1. The zero-order valence-electron chi connectivity index (χ0n) is 35.4. The number of hydrogen-bond donors (Lipinski definition) is 4. The van der Waals surface area contributed by atoms with E-state index in [0.29, 0.717) is 61.4 Å². The Kier molecular flexibility index (Phi) is 12.5. The van der Waals surface area contributed by atoms with E-state index < -0.39 is 0 Å². The van der Waals surface area contributed by atoms with E-state index in [2.05, 4.69) is 54.5 Å². The fourth-order valence-electron chi connectivity index (χ4n) is 8.11. The third kappa shape index (κ3) is 9.61. The quantitative estimate of drug-likeness (QED) is 0.0587. The molecule has 4 atom stereocenters. The molecular weight excluding hydrogens is 872 g/mol. The number of carbonyl (C=O) groups is 4. The Morgan fingerprint density at radius 3 is 1.85 bits per heavy atom. The summed E-state index contributed by atoms with van der Waals surface area (Å²) in [6, 6.07) is 29.4. The Morgan fingerprint density at radius 1 is 0.682 bits per heavy atom. The van der Waals surface area contributed by atoms with Gasteiger partial charge in [-0.15, -0.1) is 0 Å². The highest BCUT2D eigenvalue weighted by Crippen LogP contribution is 2.49. The van der Waals surface area contributed by atoms with E-state index in [4.69, 9.17) is 23.2 Å². The molecule has 0 aliphatic heterocycles. The maximum atomic E-state index is 13.3. The van der Waals surface area contributed by atoms with E-state index in [9.17, 15) is 19.2 Å². The van der Waals surface area contributed by atoms with Gasteiger partial charge in [0, 0.05) is 87.2 Å². The van der Waals surface area contributed by atoms with E-state index in [1.807, 2.05) is 66.7 Å². The van der Waals surface area contributed by atoms with Crippen molar-refractivity contribution in [3.63, 3.8) is 0 Å². The number of halogens is 2. The molecule has 4 amide bonds. The Bertz CT molecular complexity index is 3100. The number of rotatable bonds is 15. The Labute approximate surface area is 390 Å². The van der Waals surface area contributed by atoms with Crippen LogP contribution in [0.15, 0.2) is 151 Å². The summed E-state index contributed by atoms with van der Waals surface area (Å²) < 4.78 is 0. The van der Waals surface area contributed by atoms with Crippen molar-refractivity contribution in [2.24, 2.45) is 16.8 Å². The molecule has 66 heavy (non-hydrogen) atoms. The molecule has 2 aliphatic carbocycles. The van der Waals surface area contributed by atoms with E-state index in [-0.39, 0.29) is 60.4 Å². The van der Waals surface area contributed by atoms with Crippen LogP contribution >= 0.6 is 23.2 Å². The standard InChI is InChI=1S/C52H42Cl2N8O4/c1-3-4-38(55-2)27-60-50(64)33-12-8-31(9-13-33)40-22-44(40)52(66)62-37-17-15-35-26-58-48(47(54)42(35)20-37)46-18-5-29(23-57-46)24-59-49(63)32-10-6-30(7-11-32)39-21-43(39)51(65)61-36-16-14-34-25-56-28-45(53)41(34)19-36/h3-20,23,25-26,28,39-40,43-44H,1-2,21-22,24,27H2,(H,59,63)(H,60,64)(H,61,65)(H,62,66)/b38-4-/t39-,40+,43-,44-/m1/s1. The van der Waals surface area contributed by atoms with Gasteiger partial charge >= 0.3 is 0 Å². The first-order valence-corrected chi connectivity index (χ1v) is 22.1. The minimum atomic E-state index is -0.232. The molecule has 0 radical (unpaired) electrons. The van der Waals surface area contributed by atoms with Gasteiger partial charge < -0.3 is 21.3 Å². The Balaban J connectivity index is 0.760. The molecule has 0 bridgehead atoms. The van der Waals surface area contributed by atoms with Gasteiger partial charge in [-0.25, -0.2) is 0 Å². The lowest BCUT2D eigenvalue weighted by Crippen LogP contribution is -2.25. The molecule has 2 fully saturated rings. The summed E-state index contributed by atoms with van der Waals surface area (Å²) >= 11 is 13.2. The lowest BCUT2D eigenvalue weighted by Gasteiger charge is -2.11. The summed E-state index contributed by atoms with van der Waals surface area (Å²) in [4.78, 5) is 69.3. The molecule has 12 nitrogen and oxygen atoms in total. The minimum Gasteiger partial charge on any atom is -0.348 e. The SMILES string of the molecule is C=C/C=C(/CNC(=O)c1ccc([C@@H]2C[C@H]2C(=O)Nc2ccc3cnc(-c4ccc(CNC(=O)c5ccc([C@H]6C[C@H]6C(=O)Nc6ccc7cncc(Cl)c7c6)cc5)cn4)c(Cl)c3c2)cc1)N=C. The molecule has 9 rings (SSSR count). The highest BCUT2D eigenvalue weighted by molar-refractivity contribution is 6.38. The van der Waals surface area contributed by atoms with Crippen LogP contribution in [0.3, 0.4) is 0 Å². The number of allylic oxidation sites excluding steroid dienone is 2. The van der Waals surface area contributed by atoms with Crippen molar-refractivity contribution in [3.05, 3.63) is 184 Å². The lowest BCUT2D eigenvalue weighted by atomic mass is 10.1. The molecule has 2 saturated carbocycles. The number of nitrogens with zero attached hydrogens (tertiary/aromatic N) is 4. The second kappa shape index (κ2) is 18.9. The fourth-order valence-corrected chi connectivity index (χ4v) is 8.64. The van der Waals surface area contributed by atoms with Crippen molar-refractivity contribution in [1.82, 2.24) is 25.6 Å². The van der Waals surface area contributed by atoms with Gasteiger partial charge in [-0.2, -0.15) is 0 Å². The minimum absolute atomic E-state index is 0.0504. The number of aromatic nitrogens is 3. The second-order valence-corrected chi connectivity index (χ2v) is 17.2. The number of anilines is 2. The zero-order chi connectivity index (χ0) is 45.9. The molecule has 328 valence electrons. The Hall–Kier alpha value is -7.54. The van der Waals surface area contributed by atoms with Crippen LogP contribution in [-0.4, -0.2) is 51.8 Å². The van der Waals surface area contributed by atoms with Gasteiger partial charge in [0.15, 0.2) is 0 Å². The molecule has 14 heteroatoms. The van der Waals surface area contributed by atoms with Crippen LogP contribution in [0.5, 0.6) is 0 Å². The van der Waals surface area contributed by atoms with Crippen LogP contribution in [-0.2, 0) is 16.1 Å². The van der Waals surface area contributed by atoms with Gasteiger partial charge in [0.05, 0.1) is 28.0 Å². The van der Waals surface area contributed by atoms with Gasteiger partial charge in [0.1, 0.15) is 5.69 Å². The highest BCUT2D eigenvalue weighted by Gasteiger charge is 2.45. The topological polar surface area (TPSA) is 167 Å². The molecule has 4 aromatic carbocycles. The summed E-state index contributed by atoms with van der Waals surface area (Å²) in [5.41, 5.74) is 6.74. The summed E-state index contributed by atoms with van der Waals surface area (Å²) in [6.45, 7) is 7.64. The number of nitrogens with one attached hydrogen (secondary N) is 4. The van der Waals surface area contributed by atoms with E-state index in [0.717, 1.165) is 39.3 Å². The number of pyridine rings is 3. The number of fused-ring (bicyclic) bond motifs is 2. The summed E-state index contributed by atoms with van der Waals surface area (Å²) in [5.74, 6) is -0.836.